The molecule has 0 saturated heterocycles. The molecule has 1 atom stereocenters. The molecule has 1 unspecified atom stereocenters. The zero-order valence-corrected chi connectivity index (χ0v) is 10.5. The van der Waals surface area contributed by atoms with E-state index in [4.69, 9.17) is 10.8 Å². The maximum atomic E-state index is 10.7. The molecule has 0 heterocycles. The summed E-state index contributed by atoms with van der Waals surface area (Å²) in [6.07, 6.45) is 3.77. The third-order valence-corrected chi connectivity index (χ3v) is 3.70. The summed E-state index contributed by atoms with van der Waals surface area (Å²) in [6, 6.07) is 3.27. The molecule has 0 spiro atoms. The fourth-order valence-corrected chi connectivity index (χ4v) is 2.92. The van der Waals surface area contributed by atoms with E-state index in [1.54, 1.807) is 0 Å². The van der Waals surface area contributed by atoms with E-state index in [0.717, 1.165) is 22.9 Å². The number of aryl methyl sites for hydroxylation is 1. The van der Waals surface area contributed by atoms with Crippen LogP contribution in [-0.2, 0) is 24.1 Å². The van der Waals surface area contributed by atoms with E-state index in [0.29, 0.717) is 6.42 Å². The van der Waals surface area contributed by atoms with Gasteiger partial charge in [0.05, 0.1) is 0 Å². The second-order valence-electron chi connectivity index (χ2n) is 4.22. The Hall–Kier alpha value is -0.870. The van der Waals surface area contributed by atoms with Crippen molar-refractivity contribution in [1.82, 2.24) is 0 Å². The molecular formula is C12H14BrNO2. The second-order valence-corrected chi connectivity index (χ2v) is 5.07. The van der Waals surface area contributed by atoms with Gasteiger partial charge in [-0.2, -0.15) is 0 Å². The van der Waals surface area contributed by atoms with Crippen LogP contribution in [-0.4, -0.2) is 17.1 Å². The van der Waals surface area contributed by atoms with Gasteiger partial charge >= 0.3 is 5.97 Å². The van der Waals surface area contributed by atoms with Crippen molar-refractivity contribution in [1.29, 1.82) is 0 Å². The number of carbonyl (C=O) groups is 1. The topological polar surface area (TPSA) is 63.3 Å². The molecule has 0 saturated carbocycles. The van der Waals surface area contributed by atoms with Gasteiger partial charge in [0.15, 0.2) is 0 Å². The van der Waals surface area contributed by atoms with Gasteiger partial charge in [-0.1, -0.05) is 22.0 Å². The van der Waals surface area contributed by atoms with Gasteiger partial charge in [0.25, 0.3) is 0 Å². The number of hydrogen-bond donors (Lipinski definition) is 2. The van der Waals surface area contributed by atoms with E-state index in [-0.39, 0.29) is 0 Å². The SMILES string of the molecule is NC(Cc1cc(Br)c2c(c1)CCC2)C(=O)O. The van der Waals surface area contributed by atoms with Crippen LogP contribution in [0.5, 0.6) is 0 Å². The molecule has 0 aromatic heterocycles. The molecule has 1 aliphatic carbocycles. The van der Waals surface area contributed by atoms with Crippen molar-refractivity contribution >= 4 is 21.9 Å². The normalized spacial score (nSPS) is 15.9. The van der Waals surface area contributed by atoms with Gasteiger partial charge in [-0.15, -0.1) is 0 Å². The van der Waals surface area contributed by atoms with Gasteiger partial charge in [0.1, 0.15) is 6.04 Å². The van der Waals surface area contributed by atoms with Gasteiger partial charge in [-0.25, -0.2) is 0 Å². The summed E-state index contributed by atoms with van der Waals surface area (Å²) in [5.41, 5.74) is 9.23. The Labute approximate surface area is 103 Å². The van der Waals surface area contributed by atoms with Crippen LogP contribution in [0.15, 0.2) is 16.6 Å². The highest BCUT2D eigenvalue weighted by Gasteiger charge is 2.17. The van der Waals surface area contributed by atoms with Crippen molar-refractivity contribution < 1.29 is 9.90 Å². The quantitative estimate of drug-likeness (QED) is 0.891. The van der Waals surface area contributed by atoms with Crippen LogP contribution in [0.2, 0.25) is 0 Å². The molecule has 2 rings (SSSR count). The average molecular weight is 284 g/mol. The lowest BCUT2D eigenvalue weighted by molar-refractivity contribution is -0.138. The van der Waals surface area contributed by atoms with E-state index in [1.807, 2.05) is 6.07 Å². The van der Waals surface area contributed by atoms with Crippen LogP contribution in [0.1, 0.15) is 23.1 Å². The molecule has 0 amide bonds. The Bertz CT molecular complexity index is 431. The highest BCUT2D eigenvalue weighted by molar-refractivity contribution is 9.10. The summed E-state index contributed by atoms with van der Waals surface area (Å²) in [4.78, 5) is 10.7. The zero-order valence-electron chi connectivity index (χ0n) is 8.87. The number of rotatable bonds is 3. The predicted molar refractivity (Wildman–Crippen MR) is 65.5 cm³/mol. The monoisotopic (exact) mass is 283 g/mol. The molecule has 16 heavy (non-hydrogen) atoms. The first-order valence-electron chi connectivity index (χ1n) is 5.36. The minimum Gasteiger partial charge on any atom is -0.480 e. The van der Waals surface area contributed by atoms with Crippen LogP contribution >= 0.6 is 15.9 Å². The number of nitrogens with two attached hydrogens (primary N) is 1. The van der Waals surface area contributed by atoms with E-state index in [9.17, 15) is 4.79 Å². The van der Waals surface area contributed by atoms with Crippen LogP contribution in [0.25, 0.3) is 0 Å². The summed E-state index contributed by atoms with van der Waals surface area (Å²) < 4.78 is 1.09. The Kier molecular flexibility index (Phi) is 3.30. The molecule has 0 aliphatic heterocycles. The third-order valence-electron chi connectivity index (χ3n) is 2.99. The lowest BCUT2D eigenvalue weighted by atomic mass is 10.0. The standard InChI is InChI=1S/C12H14BrNO2/c13-10-5-7(6-11(14)12(15)16)4-8-2-1-3-9(8)10/h4-5,11H,1-3,6,14H2,(H,15,16). The maximum Gasteiger partial charge on any atom is 0.320 e. The van der Waals surface area contributed by atoms with Crippen LogP contribution < -0.4 is 5.73 Å². The highest BCUT2D eigenvalue weighted by atomic mass is 79.9. The van der Waals surface area contributed by atoms with Crippen molar-refractivity contribution in [3.05, 3.63) is 33.3 Å². The van der Waals surface area contributed by atoms with E-state index < -0.39 is 12.0 Å². The third kappa shape index (κ3) is 2.28. The van der Waals surface area contributed by atoms with E-state index in [1.165, 1.54) is 17.5 Å². The van der Waals surface area contributed by atoms with Gasteiger partial charge in [-0.3, -0.25) is 4.79 Å². The Balaban J connectivity index is 2.23. The van der Waals surface area contributed by atoms with Crippen molar-refractivity contribution in [2.45, 2.75) is 31.7 Å². The van der Waals surface area contributed by atoms with Crippen LogP contribution in [0.4, 0.5) is 0 Å². The fourth-order valence-electron chi connectivity index (χ4n) is 2.17. The van der Waals surface area contributed by atoms with Gasteiger partial charge in [0, 0.05) is 4.47 Å². The predicted octanol–water partition coefficient (Wildman–Crippen LogP) is 1.89. The summed E-state index contributed by atoms with van der Waals surface area (Å²) in [5, 5.41) is 8.77. The minimum absolute atomic E-state index is 0.390. The van der Waals surface area contributed by atoms with Gasteiger partial charge in [-0.05, 0) is 48.4 Å². The summed E-state index contributed by atoms with van der Waals surface area (Å²) in [6.45, 7) is 0. The van der Waals surface area contributed by atoms with Gasteiger partial charge < -0.3 is 10.8 Å². The Morgan fingerprint density at radius 3 is 2.94 bits per heavy atom. The summed E-state index contributed by atoms with van der Waals surface area (Å²) in [5.74, 6) is -0.948. The van der Waals surface area contributed by atoms with Crippen LogP contribution in [0, 0.1) is 0 Å². The molecule has 4 heteroatoms. The Morgan fingerprint density at radius 2 is 2.25 bits per heavy atom. The summed E-state index contributed by atoms with van der Waals surface area (Å²) >= 11 is 3.54. The average Bonchev–Trinajstić information content (AvgIpc) is 2.65. The number of carboxylic acid groups (broad SMARTS) is 1. The lowest BCUT2D eigenvalue weighted by Gasteiger charge is -2.10. The number of benzene rings is 1. The fraction of sp³-hybridized carbons (Fsp3) is 0.417. The molecule has 0 radical (unpaired) electrons. The van der Waals surface area contributed by atoms with Crippen molar-refractivity contribution in [3.63, 3.8) is 0 Å². The second kappa shape index (κ2) is 4.55. The highest BCUT2D eigenvalue weighted by Crippen LogP contribution is 2.30. The van der Waals surface area contributed by atoms with Crippen molar-refractivity contribution in [2.24, 2.45) is 5.73 Å². The van der Waals surface area contributed by atoms with E-state index in [2.05, 4.69) is 22.0 Å². The first-order chi connectivity index (χ1) is 7.58. The molecule has 1 aliphatic rings. The summed E-state index contributed by atoms with van der Waals surface area (Å²) in [7, 11) is 0. The molecule has 1 aromatic carbocycles. The van der Waals surface area contributed by atoms with Crippen molar-refractivity contribution in [3.8, 4) is 0 Å². The smallest absolute Gasteiger partial charge is 0.320 e. The number of aliphatic carboxylic acids is 1. The van der Waals surface area contributed by atoms with Crippen LogP contribution in [0.3, 0.4) is 0 Å². The molecule has 3 nitrogen and oxygen atoms in total. The van der Waals surface area contributed by atoms with E-state index >= 15 is 0 Å². The molecule has 3 N–H and O–H groups in total. The first-order valence-corrected chi connectivity index (χ1v) is 6.16. The molecule has 86 valence electrons. The number of halogens is 1. The molecular weight excluding hydrogens is 270 g/mol. The zero-order chi connectivity index (χ0) is 11.7. The molecule has 0 bridgehead atoms. The Morgan fingerprint density at radius 1 is 1.50 bits per heavy atom. The largest absolute Gasteiger partial charge is 0.480 e. The van der Waals surface area contributed by atoms with Gasteiger partial charge in [0.2, 0.25) is 0 Å². The first kappa shape index (κ1) is 11.6. The number of carboxylic acids is 1. The minimum atomic E-state index is -0.948. The maximum absolute atomic E-state index is 10.7. The molecule has 1 aromatic rings. The number of hydrogen-bond acceptors (Lipinski definition) is 2. The molecule has 0 fully saturated rings. The lowest BCUT2D eigenvalue weighted by Crippen LogP contribution is -2.32. The van der Waals surface area contributed by atoms with Crippen molar-refractivity contribution in [2.75, 3.05) is 0 Å². The number of fused-ring (bicyclic) bond motifs is 1.